The van der Waals surface area contributed by atoms with E-state index in [4.69, 9.17) is 0 Å². The molecule has 0 spiro atoms. The molecule has 0 N–H and O–H groups in total. The van der Waals surface area contributed by atoms with Crippen LogP contribution in [0, 0.1) is 0 Å². The second-order valence-electron chi connectivity index (χ2n) is 10.4. The highest BCUT2D eigenvalue weighted by Crippen LogP contribution is 2.54. The van der Waals surface area contributed by atoms with Crippen molar-refractivity contribution in [3.8, 4) is 0 Å². The average molecular weight is 495 g/mol. The normalized spacial score (nSPS) is 21.8. The van der Waals surface area contributed by atoms with E-state index in [9.17, 15) is 0 Å². The molecule has 0 nitrogen and oxygen atoms in total. The summed E-state index contributed by atoms with van der Waals surface area (Å²) in [5.41, 5.74) is 11.7. The number of hydrogen-bond donors (Lipinski definition) is 0. The molecule has 1 heteroatoms. The fourth-order valence-corrected chi connectivity index (χ4v) is 9.10. The van der Waals surface area contributed by atoms with Gasteiger partial charge in [0.25, 0.3) is 0 Å². The maximum absolute atomic E-state index is 2.47. The fraction of sp³-hybridized carbons (Fsp3) is 0.222. The average Bonchev–Trinajstić information content (AvgIpc) is 3.47. The van der Waals surface area contributed by atoms with Crippen molar-refractivity contribution in [2.45, 2.75) is 49.6 Å². The summed E-state index contributed by atoms with van der Waals surface area (Å²) in [6.45, 7) is 4.66. The highest BCUT2D eigenvalue weighted by molar-refractivity contribution is 6.37. The molecule has 2 atom stereocenters. The minimum Gasteiger partial charge on any atom is -0.0622 e. The van der Waals surface area contributed by atoms with Crippen molar-refractivity contribution < 1.29 is 0 Å². The summed E-state index contributed by atoms with van der Waals surface area (Å²) in [6.07, 6.45) is 7.09. The lowest BCUT2D eigenvalue weighted by atomic mass is 9.72. The van der Waals surface area contributed by atoms with Gasteiger partial charge in [-0.3, -0.25) is 0 Å². The quantitative estimate of drug-likeness (QED) is 0.214. The first-order chi connectivity index (χ1) is 18.2. The van der Waals surface area contributed by atoms with Crippen molar-refractivity contribution in [3.63, 3.8) is 0 Å². The summed E-state index contributed by atoms with van der Waals surface area (Å²) in [5, 5.41) is 0. The molecule has 6 rings (SSSR count). The first kappa shape index (κ1) is 23.9. The van der Waals surface area contributed by atoms with E-state index in [0.29, 0.717) is 0 Å². The first-order valence-electron chi connectivity index (χ1n) is 13.7. The van der Waals surface area contributed by atoms with Crippen molar-refractivity contribution in [2.75, 3.05) is 0 Å². The highest BCUT2D eigenvalue weighted by atomic mass is 28.2. The van der Waals surface area contributed by atoms with E-state index >= 15 is 0 Å². The summed E-state index contributed by atoms with van der Waals surface area (Å²) < 4.78 is 0. The third-order valence-corrected chi connectivity index (χ3v) is 10.2. The second kappa shape index (κ2) is 9.80. The summed E-state index contributed by atoms with van der Waals surface area (Å²) in [5.74, 6) is 0. The Morgan fingerprint density at radius 1 is 0.486 bits per heavy atom. The van der Waals surface area contributed by atoms with Gasteiger partial charge < -0.3 is 0 Å². The van der Waals surface area contributed by atoms with Gasteiger partial charge in [0, 0.05) is 20.3 Å². The minimum absolute atomic E-state index is 0.0445. The summed E-state index contributed by atoms with van der Waals surface area (Å²) >= 11 is 0. The molecule has 0 bridgehead atoms. The van der Waals surface area contributed by atoms with Gasteiger partial charge in [-0.25, -0.2) is 0 Å². The van der Waals surface area contributed by atoms with Crippen LogP contribution in [0.1, 0.15) is 60.1 Å². The molecule has 2 aliphatic rings. The molecule has 2 unspecified atom stereocenters. The lowest BCUT2D eigenvalue weighted by Crippen LogP contribution is -2.34. The molecule has 4 aromatic carbocycles. The van der Waals surface area contributed by atoms with Crippen LogP contribution < -0.4 is 0 Å². The molecule has 182 valence electrons. The molecule has 0 aromatic heterocycles. The Bertz CT molecular complexity index is 1350. The Kier molecular flexibility index (Phi) is 6.34. The zero-order valence-corrected chi connectivity index (χ0v) is 22.9. The van der Waals surface area contributed by atoms with Crippen molar-refractivity contribution in [2.24, 2.45) is 0 Å². The van der Waals surface area contributed by atoms with E-state index in [1.807, 2.05) is 0 Å². The molecule has 0 aliphatic heterocycles. The lowest BCUT2D eigenvalue weighted by molar-refractivity contribution is 0.636. The Labute approximate surface area is 224 Å². The molecule has 37 heavy (non-hydrogen) atoms. The SMILES string of the molecule is CCC1=Cc2ccccc2C1(C[Si]CC1(c2ccccc2)C(CC)=Cc2ccccc21)c1ccccc1. The first-order valence-corrected chi connectivity index (χ1v) is 15.1. The summed E-state index contributed by atoms with van der Waals surface area (Å²) in [7, 11) is 0.814. The third kappa shape index (κ3) is 3.71. The van der Waals surface area contributed by atoms with Gasteiger partial charge in [0.05, 0.1) is 0 Å². The summed E-state index contributed by atoms with van der Waals surface area (Å²) in [4.78, 5) is 0. The predicted molar refractivity (Wildman–Crippen MR) is 159 cm³/mol. The van der Waals surface area contributed by atoms with Gasteiger partial charge in [0.15, 0.2) is 0 Å². The number of fused-ring (bicyclic) bond motifs is 2. The van der Waals surface area contributed by atoms with Crippen LogP contribution in [0.3, 0.4) is 0 Å². The van der Waals surface area contributed by atoms with Crippen LogP contribution in [-0.2, 0) is 10.8 Å². The molecule has 2 radical (unpaired) electrons. The molecule has 0 saturated carbocycles. The van der Waals surface area contributed by atoms with Crippen LogP contribution >= 0.6 is 0 Å². The van der Waals surface area contributed by atoms with E-state index in [-0.39, 0.29) is 10.8 Å². The predicted octanol–water partition coefficient (Wildman–Crippen LogP) is 9.11. The molecule has 2 aliphatic carbocycles. The second-order valence-corrected chi connectivity index (χ2v) is 11.6. The van der Waals surface area contributed by atoms with Crippen molar-refractivity contribution in [1.29, 1.82) is 0 Å². The standard InChI is InChI=1S/C36H34Si/c1-3-29-23-27-15-11-13-21-33(27)35(29,31-17-7-5-8-18-31)25-37-26-36(32-19-9-6-10-20-32)30(4-2)24-28-16-12-14-22-34(28)36/h5-24H,3-4,25-26H2,1-2H3. The van der Waals surface area contributed by atoms with Crippen LogP contribution in [0.15, 0.2) is 120 Å². The Morgan fingerprint density at radius 2 is 0.865 bits per heavy atom. The molecule has 0 fully saturated rings. The summed E-state index contributed by atoms with van der Waals surface area (Å²) in [6, 6.07) is 43.0. The Balaban J connectivity index is 1.44. The van der Waals surface area contributed by atoms with Gasteiger partial charge >= 0.3 is 0 Å². The van der Waals surface area contributed by atoms with Crippen LogP contribution in [0.25, 0.3) is 12.2 Å². The number of hydrogen-bond acceptors (Lipinski definition) is 0. The molecule has 4 aromatic rings. The Morgan fingerprint density at radius 3 is 1.27 bits per heavy atom. The molecular weight excluding hydrogens is 460 g/mol. The van der Waals surface area contributed by atoms with Gasteiger partial charge in [-0.05, 0) is 58.3 Å². The zero-order valence-electron chi connectivity index (χ0n) is 21.9. The molecule has 0 saturated heterocycles. The van der Waals surface area contributed by atoms with Gasteiger partial charge in [-0.1, -0.05) is 146 Å². The maximum atomic E-state index is 2.47. The molecule has 0 amide bonds. The van der Waals surface area contributed by atoms with E-state index in [2.05, 4.69) is 135 Å². The smallest absolute Gasteiger partial charge is 0.0410 e. The van der Waals surface area contributed by atoms with Crippen LogP contribution in [0.2, 0.25) is 12.1 Å². The monoisotopic (exact) mass is 494 g/mol. The fourth-order valence-electron chi connectivity index (χ4n) is 6.98. The van der Waals surface area contributed by atoms with E-state index < -0.39 is 0 Å². The lowest BCUT2D eigenvalue weighted by Gasteiger charge is -2.38. The van der Waals surface area contributed by atoms with Crippen molar-refractivity contribution >= 4 is 21.7 Å². The van der Waals surface area contributed by atoms with Gasteiger partial charge in [0.2, 0.25) is 0 Å². The van der Waals surface area contributed by atoms with Gasteiger partial charge in [-0.15, -0.1) is 0 Å². The largest absolute Gasteiger partial charge is 0.0622 e. The van der Waals surface area contributed by atoms with Gasteiger partial charge in [-0.2, -0.15) is 0 Å². The van der Waals surface area contributed by atoms with Gasteiger partial charge in [0.1, 0.15) is 0 Å². The topological polar surface area (TPSA) is 0 Å². The maximum Gasteiger partial charge on any atom is 0.0410 e. The minimum atomic E-state index is -0.0445. The Hall–Kier alpha value is -3.42. The number of rotatable bonds is 8. The van der Waals surface area contributed by atoms with Crippen molar-refractivity contribution in [1.82, 2.24) is 0 Å². The van der Waals surface area contributed by atoms with Crippen LogP contribution in [-0.4, -0.2) is 9.52 Å². The van der Waals surface area contributed by atoms with Crippen LogP contribution in [0.4, 0.5) is 0 Å². The van der Waals surface area contributed by atoms with Crippen LogP contribution in [0.5, 0.6) is 0 Å². The number of benzene rings is 4. The van der Waals surface area contributed by atoms with Crippen molar-refractivity contribution in [3.05, 3.63) is 154 Å². The van der Waals surface area contributed by atoms with E-state index in [0.717, 1.165) is 34.4 Å². The zero-order chi connectivity index (χ0) is 25.3. The number of allylic oxidation sites excluding steroid dienone is 2. The van der Waals surface area contributed by atoms with E-state index in [1.165, 1.54) is 33.4 Å². The van der Waals surface area contributed by atoms with E-state index in [1.54, 1.807) is 11.1 Å². The molecule has 0 heterocycles. The third-order valence-electron chi connectivity index (χ3n) is 8.67. The highest BCUT2D eigenvalue weighted by Gasteiger charge is 2.45. The molecular formula is C36H34Si.